The lowest BCUT2D eigenvalue weighted by Gasteiger charge is -2.03. The molecule has 112 valence electrons. The van der Waals surface area contributed by atoms with Crippen LogP contribution in [0.2, 0.25) is 0 Å². The number of methoxy groups -OCH3 is 2. The van der Waals surface area contributed by atoms with Crippen molar-refractivity contribution in [3.8, 4) is 22.1 Å². The Bertz CT molecular complexity index is 843. The van der Waals surface area contributed by atoms with Crippen LogP contribution in [-0.4, -0.2) is 24.1 Å². The number of thiazole rings is 1. The second-order valence-corrected chi connectivity index (χ2v) is 5.50. The number of hydrogen-bond acceptors (Lipinski definition) is 6. The zero-order valence-corrected chi connectivity index (χ0v) is 12.7. The topological polar surface area (TPSA) is 74.5 Å². The van der Waals surface area contributed by atoms with Crippen molar-refractivity contribution in [3.05, 3.63) is 46.5 Å². The molecule has 2 aromatic carbocycles. The Kier molecular flexibility index (Phi) is 3.64. The first-order chi connectivity index (χ1) is 10.6. The molecule has 0 saturated heterocycles. The summed E-state index contributed by atoms with van der Waals surface area (Å²) in [6, 6.07) is 9.97. The first-order valence-corrected chi connectivity index (χ1v) is 7.21. The highest BCUT2D eigenvalue weighted by molar-refractivity contribution is 7.22. The van der Waals surface area contributed by atoms with E-state index in [0.717, 1.165) is 20.8 Å². The van der Waals surface area contributed by atoms with Crippen LogP contribution in [0.5, 0.6) is 11.5 Å². The van der Waals surface area contributed by atoms with Gasteiger partial charge in [0.25, 0.3) is 5.69 Å². The van der Waals surface area contributed by atoms with Crippen molar-refractivity contribution in [2.45, 2.75) is 0 Å². The van der Waals surface area contributed by atoms with Gasteiger partial charge in [0.1, 0.15) is 16.5 Å². The maximum absolute atomic E-state index is 10.7. The molecule has 0 atom stereocenters. The predicted molar refractivity (Wildman–Crippen MR) is 84.8 cm³/mol. The van der Waals surface area contributed by atoms with Gasteiger partial charge in [0.05, 0.1) is 29.4 Å². The molecular weight excluding hydrogens is 304 g/mol. The molecule has 0 radical (unpaired) electrons. The molecule has 0 unspecified atom stereocenters. The normalized spacial score (nSPS) is 10.6. The van der Waals surface area contributed by atoms with Crippen molar-refractivity contribution in [2.24, 2.45) is 0 Å². The third kappa shape index (κ3) is 2.46. The van der Waals surface area contributed by atoms with Crippen LogP contribution in [0, 0.1) is 10.1 Å². The first kappa shape index (κ1) is 14.3. The lowest BCUT2D eigenvalue weighted by molar-refractivity contribution is -0.384. The van der Waals surface area contributed by atoms with Crippen LogP contribution in [0.15, 0.2) is 36.4 Å². The number of ether oxygens (including phenoxy) is 2. The fourth-order valence-corrected chi connectivity index (χ4v) is 3.14. The van der Waals surface area contributed by atoms with Crippen molar-refractivity contribution in [1.29, 1.82) is 0 Å². The number of nitro groups is 1. The largest absolute Gasteiger partial charge is 0.497 e. The molecule has 0 amide bonds. The van der Waals surface area contributed by atoms with E-state index in [9.17, 15) is 10.1 Å². The third-order valence-corrected chi connectivity index (χ3v) is 4.34. The molecule has 6 nitrogen and oxygen atoms in total. The molecule has 0 aliphatic carbocycles. The minimum atomic E-state index is -0.421. The zero-order valence-electron chi connectivity index (χ0n) is 11.9. The fraction of sp³-hybridized carbons (Fsp3) is 0.133. The molecule has 0 saturated carbocycles. The molecule has 3 aromatic rings. The summed E-state index contributed by atoms with van der Waals surface area (Å²) in [4.78, 5) is 14.8. The molecule has 7 heteroatoms. The molecule has 1 heterocycles. The number of nitro benzene ring substituents is 1. The lowest BCUT2D eigenvalue weighted by atomic mass is 10.2. The van der Waals surface area contributed by atoms with Crippen LogP contribution in [0.1, 0.15) is 0 Å². The number of aromatic nitrogens is 1. The second kappa shape index (κ2) is 5.61. The van der Waals surface area contributed by atoms with Gasteiger partial charge < -0.3 is 9.47 Å². The van der Waals surface area contributed by atoms with Crippen molar-refractivity contribution in [1.82, 2.24) is 4.98 Å². The lowest BCUT2D eigenvalue weighted by Crippen LogP contribution is -1.87. The van der Waals surface area contributed by atoms with E-state index in [4.69, 9.17) is 9.47 Å². The van der Waals surface area contributed by atoms with Crippen LogP contribution in [0.4, 0.5) is 5.69 Å². The maximum atomic E-state index is 10.7. The van der Waals surface area contributed by atoms with E-state index in [1.165, 1.54) is 23.5 Å². The van der Waals surface area contributed by atoms with Crippen LogP contribution in [0.3, 0.4) is 0 Å². The van der Waals surface area contributed by atoms with Gasteiger partial charge in [-0.15, -0.1) is 11.3 Å². The van der Waals surface area contributed by atoms with Crippen molar-refractivity contribution < 1.29 is 14.4 Å². The number of rotatable bonds is 4. The van der Waals surface area contributed by atoms with E-state index < -0.39 is 4.92 Å². The van der Waals surface area contributed by atoms with Crippen molar-refractivity contribution in [2.75, 3.05) is 14.2 Å². The molecular formula is C15H12N2O4S. The van der Waals surface area contributed by atoms with Crippen LogP contribution in [-0.2, 0) is 0 Å². The smallest absolute Gasteiger partial charge is 0.269 e. The molecule has 0 aliphatic rings. The SMILES string of the molecule is COc1cc(OC)c2sc(-c3ccc([N+](=O)[O-])cc3)nc2c1. The highest BCUT2D eigenvalue weighted by atomic mass is 32.1. The molecule has 0 spiro atoms. The van der Waals surface area contributed by atoms with Gasteiger partial charge in [-0.2, -0.15) is 0 Å². The van der Waals surface area contributed by atoms with Gasteiger partial charge in [-0.1, -0.05) is 0 Å². The quantitative estimate of drug-likeness (QED) is 0.539. The Balaban J connectivity index is 2.09. The van der Waals surface area contributed by atoms with Crippen molar-refractivity contribution in [3.63, 3.8) is 0 Å². The van der Waals surface area contributed by atoms with Gasteiger partial charge in [0, 0.05) is 29.8 Å². The number of non-ortho nitro benzene ring substituents is 1. The number of benzene rings is 2. The number of hydrogen-bond donors (Lipinski definition) is 0. The molecule has 0 bridgehead atoms. The molecule has 0 N–H and O–H groups in total. The van der Waals surface area contributed by atoms with E-state index in [1.807, 2.05) is 6.07 Å². The Hall–Kier alpha value is -2.67. The number of nitrogens with zero attached hydrogens (tertiary/aromatic N) is 2. The third-order valence-electron chi connectivity index (χ3n) is 3.21. The Morgan fingerprint density at radius 2 is 1.86 bits per heavy atom. The van der Waals surface area contributed by atoms with Crippen molar-refractivity contribution >= 4 is 27.2 Å². The summed E-state index contributed by atoms with van der Waals surface area (Å²) in [6.45, 7) is 0. The minimum absolute atomic E-state index is 0.0594. The Labute approximate surface area is 130 Å². The van der Waals surface area contributed by atoms with Gasteiger partial charge >= 0.3 is 0 Å². The Morgan fingerprint density at radius 1 is 1.14 bits per heavy atom. The van der Waals surface area contributed by atoms with Crippen LogP contribution >= 0.6 is 11.3 Å². The van der Waals surface area contributed by atoms with Gasteiger partial charge in [-0.05, 0) is 12.1 Å². The van der Waals surface area contributed by atoms with Crippen LogP contribution in [0.25, 0.3) is 20.8 Å². The van der Waals surface area contributed by atoms with Gasteiger partial charge in [0.2, 0.25) is 0 Å². The van der Waals surface area contributed by atoms with E-state index in [0.29, 0.717) is 11.5 Å². The number of fused-ring (bicyclic) bond motifs is 1. The standard InChI is InChI=1S/C15H12N2O4S/c1-20-11-7-12-14(13(8-11)21-2)22-15(16-12)9-3-5-10(6-4-9)17(18)19/h3-8H,1-2H3. The molecule has 0 fully saturated rings. The highest BCUT2D eigenvalue weighted by Crippen LogP contribution is 2.38. The predicted octanol–water partition coefficient (Wildman–Crippen LogP) is 3.89. The van der Waals surface area contributed by atoms with Gasteiger partial charge in [-0.3, -0.25) is 10.1 Å². The maximum Gasteiger partial charge on any atom is 0.269 e. The summed E-state index contributed by atoms with van der Waals surface area (Å²) >= 11 is 1.47. The van der Waals surface area contributed by atoms with Gasteiger partial charge in [0.15, 0.2) is 0 Å². The van der Waals surface area contributed by atoms with Gasteiger partial charge in [-0.25, -0.2) is 4.98 Å². The van der Waals surface area contributed by atoms with E-state index in [1.54, 1.807) is 32.4 Å². The summed E-state index contributed by atoms with van der Waals surface area (Å²) in [5.74, 6) is 1.37. The molecule has 1 aromatic heterocycles. The average Bonchev–Trinajstić information content (AvgIpc) is 2.97. The van der Waals surface area contributed by atoms with E-state index in [2.05, 4.69) is 4.98 Å². The van der Waals surface area contributed by atoms with Crippen LogP contribution < -0.4 is 9.47 Å². The summed E-state index contributed by atoms with van der Waals surface area (Å²) < 4.78 is 11.5. The fourth-order valence-electron chi connectivity index (χ4n) is 2.10. The average molecular weight is 316 g/mol. The second-order valence-electron chi connectivity index (χ2n) is 4.50. The minimum Gasteiger partial charge on any atom is -0.497 e. The van der Waals surface area contributed by atoms with E-state index >= 15 is 0 Å². The van der Waals surface area contributed by atoms with E-state index in [-0.39, 0.29) is 5.69 Å². The molecule has 22 heavy (non-hydrogen) atoms. The molecule has 0 aliphatic heterocycles. The summed E-state index contributed by atoms with van der Waals surface area (Å²) in [6.07, 6.45) is 0. The Morgan fingerprint density at radius 3 is 2.45 bits per heavy atom. The highest BCUT2D eigenvalue weighted by Gasteiger charge is 2.13. The molecule has 3 rings (SSSR count). The first-order valence-electron chi connectivity index (χ1n) is 6.40. The monoisotopic (exact) mass is 316 g/mol. The summed E-state index contributed by atoms with van der Waals surface area (Å²) in [5, 5.41) is 11.5. The summed E-state index contributed by atoms with van der Waals surface area (Å²) in [5.41, 5.74) is 1.66. The summed E-state index contributed by atoms with van der Waals surface area (Å²) in [7, 11) is 3.18. The zero-order chi connectivity index (χ0) is 15.7.